The molecule has 5 heteroatoms. The summed E-state index contributed by atoms with van der Waals surface area (Å²) >= 11 is 1.19. The van der Waals surface area contributed by atoms with Crippen LogP contribution in [0.5, 0.6) is 0 Å². The second-order valence-corrected chi connectivity index (χ2v) is 3.70. The Hall–Kier alpha value is -0.910. The highest BCUT2D eigenvalue weighted by Gasteiger charge is 2.21. The Morgan fingerprint density at radius 3 is 2.69 bits per heavy atom. The van der Waals surface area contributed by atoms with Gasteiger partial charge in [-0.05, 0) is 12.1 Å². The van der Waals surface area contributed by atoms with E-state index >= 15 is 0 Å². The smallest absolute Gasteiger partial charge is 0.345 e. The van der Waals surface area contributed by atoms with Gasteiger partial charge in [0.2, 0.25) is 0 Å². The predicted molar refractivity (Wildman–Crippen MR) is 45.9 cm³/mol. The van der Waals surface area contributed by atoms with Crippen LogP contribution in [-0.4, -0.2) is 24.3 Å². The van der Waals surface area contributed by atoms with Crippen molar-refractivity contribution in [1.29, 1.82) is 0 Å². The van der Waals surface area contributed by atoms with Crippen LogP contribution in [0.1, 0.15) is 20.8 Å². The molecule has 4 nitrogen and oxygen atoms in total. The maximum atomic E-state index is 10.6. The molecule has 0 radical (unpaired) electrons. The zero-order valence-corrected chi connectivity index (χ0v) is 7.54. The molecular formula is C8H8O4S. The van der Waals surface area contributed by atoms with E-state index in [2.05, 4.69) is 0 Å². The molecule has 2 heterocycles. The van der Waals surface area contributed by atoms with Crippen LogP contribution in [0.2, 0.25) is 0 Å². The number of hydrogen-bond donors (Lipinski definition) is 1. The molecule has 0 atom stereocenters. The highest BCUT2D eigenvalue weighted by Crippen LogP contribution is 2.29. The summed E-state index contributed by atoms with van der Waals surface area (Å²) in [5.74, 6) is -0.908. The van der Waals surface area contributed by atoms with Gasteiger partial charge in [0.15, 0.2) is 6.29 Å². The fraction of sp³-hybridized carbons (Fsp3) is 0.375. The van der Waals surface area contributed by atoms with E-state index in [-0.39, 0.29) is 6.29 Å². The number of rotatable bonds is 2. The zero-order valence-electron chi connectivity index (χ0n) is 6.73. The summed E-state index contributed by atoms with van der Waals surface area (Å²) in [4.78, 5) is 11.7. The molecular weight excluding hydrogens is 192 g/mol. The fourth-order valence-corrected chi connectivity index (χ4v) is 1.96. The lowest BCUT2D eigenvalue weighted by Gasteiger charge is -2.04. The molecule has 1 aliphatic heterocycles. The van der Waals surface area contributed by atoms with Crippen LogP contribution in [-0.2, 0) is 9.47 Å². The van der Waals surface area contributed by atoms with Gasteiger partial charge in [-0.1, -0.05) is 0 Å². The minimum atomic E-state index is -0.908. The summed E-state index contributed by atoms with van der Waals surface area (Å²) in [7, 11) is 0. The molecule has 1 fully saturated rings. The highest BCUT2D eigenvalue weighted by atomic mass is 32.1. The van der Waals surface area contributed by atoms with Crippen molar-refractivity contribution < 1.29 is 19.4 Å². The van der Waals surface area contributed by atoms with E-state index in [1.54, 1.807) is 12.1 Å². The molecule has 13 heavy (non-hydrogen) atoms. The third kappa shape index (κ3) is 1.72. The van der Waals surface area contributed by atoms with E-state index in [4.69, 9.17) is 14.6 Å². The first-order valence-electron chi connectivity index (χ1n) is 3.83. The molecule has 1 aromatic heterocycles. The Morgan fingerprint density at radius 1 is 1.46 bits per heavy atom. The van der Waals surface area contributed by atoms with Crippen molar-refractivity contribution in [2.24, 2.45) is 0 Å². The zero-order chi connectivity index (χ0) is 9.26. The first-order valence-corrected chi connectivity index (χ1v) is 4.65. The van der Waals surface area contributed by atoms with Gasteiger partial charge in [-0.15, -0.1) is 11.3 Å². The summed E-state index contributed by atoms with van der Waals surface area (Å²) in [6.07, 6.45) is -0.363. The van der Waals surface area contributed by atoms with Gasteiger partial charge < -0.3 is 14.6 Å². The van der Waals surface area contributed by atoms with Crippen LogP contribution >= 0.6 is 11.3 Å². The number of thiophene rings is 1. The monoisotopic (exact) mass is 200 g/mol. The van der Waals surface area contributed by atoms with Crippen molar-refractivity contribution in [1.82, 2.24) is 0 Å². The van der Waals surface area contributed by atoms with Crippen molar-refractivity contribution in [3.8, 4) is 0 Å². The Bertz CT molecular complexity index is 314. The third-order valence-electron chi connectivity index (χ3n) is 1.69. The Balaban J connectivity index is 2.16. The summed E-state index contributed by atoms with van der Waals surface area (Å²) < 4.78 is 10.5. The standard InChI is InChI=1S/C8H8O4S/c9-7(10)5-1-2-6(13-5)8-11-3-4-12-8/h1-2,8H,3-4H2,(H,9,10). The molecule has 0 saturated carbocycles. The molecule has 0 bridgehead atoms. The van der Waals surface area contributed by atoms with Gasteiger partial charge >= 0.3 is 5.97 Å². The summed E-state index contributed by atoms with van der Waals surface area (Å²) in [6.45, 7) is 1.15. The van der Waals surface area contributed by atoms with Crippen molar-refractivity contribution >= 4 is 17.3 Å². The predicted octanol–water partition coefficient (Wildman–Crippen LogP) is 1.49. The molecule has 1 saturated heterocycles. The number of hydrogen-bond acceptors (Lipinski definition) is 4. The summed E-state index contributed by atoms with van der Waals surface area (Å²) in [5, 5.41) is 8.67. The quantitative estimate of drug-likeness (QED) is 0.785. The van der Waals surface area contributed by atoms with E-state index in [0.717, 1.165) is 4.88 Å². The van der Waals surface area contributed by atoms with E-state index in [9.17, 15) is 4.79 Å². The van der Waals surface area contributed by atoms with Gasteiger partial charge in [-0.3, -0.25) is 0 Å². The first kappa shape index (κ1) is 8.68. The van der Waals surface area contributed by atoms with E-state index in [1.807, 2.05) is 0 Å². The van der Waals surface area contributed by atoms with Crippen LogP contribution in [0, 0.1) is 0 Å². The highest BCUT2D eigenvalue weighted by molar-refractivity contribution is 7.14. The van der Waals surface area contributed by atoms with Crippen molar-refractivity contribution in [2.45, 2.75) is 6.29 Å². The molecule has 1 N–H and O–H groups in total. The van der Waals surface area contributed by atoms with Crippen molar-refractivity contribution in [2.75, 3.05) is 13.2 Å². The Morgan fingerprint density at radius 2 is 2.15 bits per heavy atom. The minimum absolute atomic E-state index is 0.314. The topological polar surface area (TPSA) is 55.8 Å². The van der Waals surface area contributed by atoms with Gasteiger partial charge in [0.1, 0.15) is 4.88 Å². The maximum Gasteiger partial charge on any atom is 0.345 e. The molecule has 70 valence electrons. The Labute approximate surface area is 78.7 Å². The maximum absolute atomic E-state index is 10.6. The number of aromatic carboxylic acids is 1. The molecule has 0 unspecified atom stereocenters. The van der Waals surface area contributed by atoms with Gasteiger partial charge in [0.05, 0.1) is 18.1 Å². The lowest BCUT2D eigenvalue weighted by Crippen LogP contribution is -1.94. The lowest BCUT2D eigenvalue weighted by molar-refractivity contribution is -0.0413. The van der Waals surface area contributed by atoms with Gasteiger partial charge in [0.25, 0.3) is 0 Å². The normalized spacial score (nSPS) is 17.8. The largest absolute Gasteiger partial charge is 0.477 e. The number of carboxylic acid groups (broad SMARTS) is 1. The van der Waals surface area contributed by atoms with Gasteiger partial charge in [-0.2, -0.15) is 0 Å². The molecule has 0 spiro atoms. The number of carboxylic acids is 1. The lowest BCUT2D eigenvalue weighted by atomic mass is 10.4. The van der Waals surface area contributed by atoms with Crippen molar-refractivity contribution in [3.63, 3.8) is 0 Å². The summed E-state index contributed by atoms with van der Waals surface area (Å²) in [6, 6.07) is 3.29. The van der Waals surface area contributed by atoms with Crippen LogP contribution in [0.4, 0.5) is 0 Å². The van der Waals surface area contributed by atoms with Gasteiger partial charge in [-0.25, -0.2) is 4.79 Å². The van der Waals surface area contributed by atoms with Crippen LogP contribution < -0.4 is 0 Å². The number of carbonyl (C=O) groups is 1. The molecule has 2 rings (SSSR count). The van der Waals surface area contributed by atoms with Crippen LogP contribution in [0.25, 0.3) is 0 Å². The van der Waals surface area contributed by atoms with E-state index < -0.39 is 5.97 Å². The fourth-order valence-electron chi connectivity index (χ4n) is 1.12. The SMILES string of the molecule is O=C(O)c1ccc(C2OCCO2)s1. The summed E-state index contributed by atoms with van der Waals surface area (Å²) in [5.41, 5.74) is 0. The average Bonchev–Trinajstić information content (AvgIpc) is 2.75. The van der Waals surface area contributed by atoms with Crippen molar-refractivity contribution in [3.05, 3.63) is 21.9 Å². The minimum Gasteiger partial charge on any atom is -0.477 e. The second kappa shape index (κ2) is 3.45. The molecule has 0 aromatic carbocycles. The number of ether oxygens (including phenoxy) is 2. The third-order valence-corrected chi connectivity index (χ3v) is 2.79. The van der Waals surface area contributed by atoms with E-state index in [0.29, 0.717) is 18.1 Å². The molecule has 0 aliphatic carbocycles. The van der Waals surface area contributed by atoms with Crippen LogP contribution in [0.15, 0.2) is 12.1 Å². The molecule has 1 aliphatic rings. The molecule has 0 amide bonds. The molecule has 1 aromatic rings. The second-order valence-electron chi connectivity index (χ2n) is 2.58. The first-order chi connectivity index (χ1) is 6.27. The van der Waals surface area contributed by atoms with Crippen LogP contribution in [0.3, 0.4) is 0 Å². The van der Waals surface area contributed by atoms with Gasteiger partial charge in [0, 0.05) is 0 Å². The average molecular weight is 200 g/mol. The van der Waals surface area contributed by atoms with E-state index in [1.165, 1.54) is 11.3 Å². The Kier molecular flexibility index (Phi) is 2.30.